The van der Waals surface area contributed by atoms with Crippen LogP contribution in [-0.4, -0.2) is 49.5 Å². The van der Waals surface area contributed by atoms with Crippen LogP contribution in [0.15, 0.2) is 48.8 Å². The Morgan fingerprint density at radius 3 is 2.63 bits per heavy atom. The molecule has 0 saturated carbocycles. The second kappa shape index (κ2) is 10.5. The fourth-order valence-electron chi connectivity index (χ4n) is 6.35. The van der Waals surface area contributed by atoms with Crippen molar-refractivity contribution in [3.63, 3.8) is 0 Å². The Morgan fingerprint density at radius 1 is 1.12 bits per heavy atom. The van der Waals surface area contributed by atoms with Crippen molar-refractivity contribution >= 4 is 17.2 Å². The number of benzene rings is 2. The minimum Gasteiger partial charge on any atom is -0.493 e. The van der Waals surface area contributed by atoms with Crippen LogP contribution in [0.5, 0.6) is 5.75 Å². The number of ether oxygens (including phenoxy) is 1. The Bertz CT molecular complexity index is 1720. The molecule has 8 nitrogen and oxygen atoms in total. The molecule has 0 unspecified atom stereocenters. The van der Waals surface area contributed by atoms with Crippen molar-refractivity contribution < 1.29 is 32.2 Å². The van der Waals surface area contributed by atoms with Gasteiger partial charge in [-0.1, -0.05) is 12.1 Å². The SMILES string of the molecule is CCOc1cc([C@](C)(O)c2cccc(C(F)(F)F)c2)cc(F)c1-c1nc([C@@H]2CC[C@H]3CCC(=O)N3C2)n2ccnc(N)c12. The molecule has 0 aliphatic carbocycles. The number of halogens is 4. The third-order valence-electron chi connectivity index (χ3n) is 8.60. The highest BCUT2D eigenvalue weighted by atomic mass is 19.4. The van der Waals surface area contributed by atoms with Gasteiger partial charge in [-0.2, -0.15) is 13.2 Å². The van der Waals surface area contributed by atoms with Gasteiger partial charge >= 0.3 is 6.18 Å². The standard InChI is InChI=1S/C31H31F4N5O3/c1-3-43-23-15-20(30(2,42)18-5-4-6-19(13-18)31(33,34)35)14-22(32)25(23)26-27-28(36)37-11-12-39(27)29(38-26)17-7-8-21-9-10-24(41)40(21)16-17/h4-6,11-15,17,21,42H,3,7-10,16H2,1-2H3,(H2,36,37)/t17-,21+,30-/m1/s1. The van der Waals surface area contributed by atoms with Crippen LogP contribution in [0.25, 0.3) is 16.8 Å². The first kappa shape index (κ1) is 28.9. The molecule has 0 radical (unpaired) electrons. The molecule has 226 valence electrons. The maximum atomic E-state index is 16.2. The third kappa shape index (κ3) is 4.97. The van der Waals surface area contributed by atoms with Gasteiger partial charge in [0, 0.05) is 37.3 Å². The summed E-state index contributed by atoms with van der Waals surface area (Å²) in [5.41, 5.74) is 3.86. The molecule has 2 saturated heterocycles. The molecule has 3 N–H and O–H groups in total. The van der Waals surface area contributed by atoms with E-state index in [1.807, 2.05) is 4.90 Å². The lowest BCUT2D eigenvalue weighted by molar-refractivity contribution is -0.137. The van der Waals surface area contributed by atoms with Gasteiger partial charge in [-0.25, -0.2) is 14.4 Å². The molecule has 2 aliphatic heterocycles. The second-order valence-electron chi connectivity index (χ2n) is 11.3. The highest BCUT2D eigenvalue weighted by Gasteiger charge is 2.39. The number of alkyl halides is 3. The van der Waals surface area contributed by atoms with Crippen LogP contribution in [0.2, 0.25) is 0 Å². The number of imidazole rings is 1. The van der Waals surface area contributed by atoms with E-state index in [1.54, 1.807) is 17.5 Å². The van der Waals surface area contributed by atoms with Crippen LogP contribution >= 0.6 is 0 Å². The van der Waals surface area contributed by atoms with Crippen molar-refractivity contribution in [1.29, 1.82) is 0 Å². The van der Waals surface area contributed by atoms with Gasteiger partial charge in [0.2, 0.25) is 5.91 Å². The van der Waals surface area contributed by atoms with E-state index in [0.717, 1.165) is 37.5 Å². The van der Waals surface area contributed by atoms with E-state index in [0.29, 0.717) is 24.3 Å². The van der Waals surface area contributed by atoms with Gasteiger partial charge in [0.15, 0.2) is 0 Å². The first-order chi connectivity index (χ1) is 20.4. The topological polar surface area (TPSA) is 106 Å². The highest BCUT2D eigenvalue weighted by molar-refractivity contribution is 5.88. The van der Waals surface area contributed by atoms with E-state index in [9.17, 15) is 23.1 Å². The summed E-state index contributed by atoms with van der Waals surface area (Å²) in [6.07, 6.45) is 1.59. The van der Waals surface area contributed by atoms with E-state index < -0.39 is 23.2 Å². The number of anilines is 1. The minimum absolute atomic E-state index is 0.00257. The number of carbonyl (C=O) groups is 1. The summed E-state index contributed by atoms with van der Waals surface area (Å²) in [6, 6.07) is 6.99. The van der Waals surface area contributed by atoms with E-state index in [1.165, 1.54) is 31.3 Å². The smallest absolute Gasteiger partial charge is 0.416 e. The monoisotopic (exact) mass is 597 g/mol. The van der Waals surface area contributed by atoms with Gasteiger partial charge in [0.1, 0.15) is 40.0 Å². The van der Waals surface area contributed by atoms with Crippen LogP contribution in [0.4, 0.5) is 23.4 Å². The molecule has 43 heavy (non-hydrogen) atoms. The van der Waals surface area contributed by atoms with Crippen molar-refractivity contribution in [1.82, 2.24) is 19.3 Å². The van der Waals surface area contributed by atoms with Crippen molar-refractivity contribution in [3.8, 4) is 17.0 Å². The number of amides is 1. The maximum absolute atomic E-state index is 16.2. The van der Waals surface area contributed by atoms with Gasteiger partial charge in [-0.05, 0) is 68.5 Å². The third-order valence-corrected chi connectivity index (χ3v) is 8.60. The molecule has 0 spiro atoms. The van der Waals surface area contributed by atoms with Crippen molar-refractivity contribution in [2.45, 2.75) is 63.3 Å². The van der Waals surface area contributed by atoms with E-state index >= 15 is 4.39 Å². The lowest BCUT2D eigenvalue weighted by atomic mass is 9.86. The number of aromatic nitrogens is 3. The number of rotatable bonds is 6. The summed E-state index contributed by atoms with van der Waals surface area (Å²) >= 11 is 0. The Kier molecular flexibility index (Phi) is 7.07. The van der Waals surface area contributed by atoms with Gasteiger partial charge in [0.25, 0.3) is 0 Å². The fraction of sp³-hybridized carbons (Fsp3) is 0.387. The number of nitrogens with two attached hydrogens (primary N) is 1. The molecule has 0 bridgehead atoms. The highest BCUT2D eigenvalue weighted by Crippen LogP contribution is 2.43. The summed E-state index contributed by atoms with van der Waals surface area (Å²) in [7, 11) is 0. The van der Waals surface area contributed by atoms with Crippen LogP contribution < -0.4 is 10.5 Å². The normalized spacial score (nSPS) is 20.3. The average Bonchev–Trinajstić information content (AvgIpc) is 3.53. The molecule has 2 fully saturated rings. The van der Waals surface area contributed by atoms with Crippen molar-refractivity contribution in [2.24, 2.45) is 0 Å². The molecular weight excluding hydrogens is 566 g/mol. The molecule has 2 aromatic heterocycles. The number of nitrogens with zero attached hydrogens (tertiary/aromatic N) is 4. The number of fused-ring (bicyclic) bond motifs is 2. The summed E-state index contributed by atoms with van der Waals surface area (Å²) in [5.74, 6) is -0.0476. The summed E-state index contributed by atoms with van der Waals surface area (Å²) in [4.78, 5) is 23.5. The average molecular weight is 598 g/mol. The Hall–Kier alpha value is -4.19. The van der Waals surface area contributed by atoms with E-state index in [-0.39, 0.29) is 58.4 Å². The first-order valence-electron chi connectivity index (χ1n) is 14.2. The molecule has 1 amide bonds. The number of aliphatic hydroxyl groups is 1. The number of piperidine rings is 1. The number of nitrogen functional groups attached to an aromatic ring is 1. The maximum Gasteiger partial charge on any atom is 0.416 e. The zero-order valence-corrected chi connectivity index (χ0v) is 23.7. The Morgan fingerprint density at radius 2 is 1.88 bits per heavy atom. The molecular formula is C31H31F4N5O3. The lowest BCUT2D eigenvalue weighted by Crippen LogP contribution is -2.41. The van der Waals surface area contributed by atoms with Crippen molar-refractivity contribution in [3.05, 3.63) is 77.1 Å². The number of hydrogen-bond donors (Lipinski definition) is 2. The summed E-state index contributed by atoms with van der Waals surface area (Å²) in [5, 5.41) is 11.4. The summed E-state index contributed by atoms with van der Waals surface area (Å²) in [6.45, 7) is 3.63. The molecule has 3 atom stereocenters. The molecule has 4 heterocycles. The largest absolute Gasteiger partial charge is 0.493 e. The fourth-order valence-corrected chi connectivity index (χ4v) is 6.35. The van der Waals surface area contributed by atoms with E-state index in [4.69, 9.17) is 15.5 Å². The zero-order valence-electron chi connectivity index (χ0n) is 23.7. The minimum atomic E-state index is -4.62. The van der Waals surface area contributed by atoms with Crippen LogP contribution in [0.1, 0.15) is 68.0 Å². The predicted octanol–water partition coefficient (Wildman–Crippen LogP) is 5.66. The molecule has 12 heteroatoms. The number of hydrogen-bond acceptors (Lipinski definition) is 6. The van der Waals surface area contributed by atoms with Crippen LogP contribution in [-0.2, 0) is 16.6 Å². The van der Waals surface area contributed by atoms with Gasteiger partial charge in [-0.3, -0.25) is 9.20 Å². The quantitative estimate of drug-likeness (QED) is 0.278. The van der Waals surface area contributed by atoms with Gasteiger partial charge < -0.3 is 20.5 Å². The van der Waals surface area contributed by atoms with E-state index in [2.05, 4.69) is 4.98 Å². The predicted molar refractivity (Wildman–Crippen MR) is 151 cm³/mol. The lowest BCUT2D eigenvalue weighted by Gasteiger charge is -2.34. The van der Waals surface area contributed by atoms with Gasteiger partial charge in [-0.15, -0.1) is 0 Å². The van der Waals surface area contributed by atoms with Crippen LogP contribution in [0, 0.1) is 5.82 Å². The second-order valence-corrected chi connectivity index (χ2v) is 11.3. The molecule has 2 aromatic carbocycles. The van der Waals surface area contributed by atoms with Gasteiger partial charge in [0.05, 0.1) is 17.7 Å². The molecule has 2 aliphatic rings. The Balaban J connectivity index is 1.47. The molecule has 6 rings (SSSR count). The van der Waals surface area contributed by atoms with Crippen molar-refractivity contribution in [2.75, 3.05) is 18.9 Å². The van der Waals surface area contributed by atoms with Crippen LogP contribution in [0.3, 0.4) is 0 Å². The zero-order chi connectivity index (χ0) is 30.7. The Labute approximate surface area is 245 Å². The summed E-state index contributed by atoms with van der Waals surface area (Å²) < 4.78 is 64.1. The first-order valence-corrected chi connectivity index (χ1v) is 14.2. The molecule has 4 aromatic rings. The number of carbonyl (C=O) groups excluding carboxylic acids is 1.